The maximum Gasteiger partial charge on any atom is 0.223 e. The van der Waals surface area contributed by atoms with Crippen molar-refractivity contribution in [2.45, 2.75) is 39.0 Å². The Bertz CT molecular complexity index is 611. The standard InChI is InChI=1S/C19H29ClN4O/c1-4-21-18(23-12-11-22-17(25)14-9-10-14)24-13-19(2,3)15-7-5-6-8-16(15)20/h5-8,14H,4,9-13H2,1-3H3,(H,22,25)(H2,21,23,24). The van der Waals surface area contributed by atoms with Gasteiger partial charge in [0.15, 0.2) is 5.96 Å². The third-order valence-corrected chi connectivity index (χ3v) is 4.57. The van der Waals surface area contributed by atoms with Crippen molar-refractivity contribution in [2.24, 2.45) is 10.9 Å². The van der Waals surface area contributed by atoms with Crippen LogP contribution >= 0.6 is 11.6 Å². The van der Waals surface area contributed by atoms with Gasteiger partial charge in [-0.1, -0.05) is 43.6 Å². The van der Waals surface area contributed by atoms with Crippen LogP contribution < -0.4 is 16.0 Å². The van der Waals surface area contributed by atoms with Gasteiger partial charge in [0.2, 0.25) is 5.91 Å². The first-order valence-electron chi connectivity index (χ1n) is 8.99. The fourth-order valence-corrected chi connectivity index (χ4v) is 2.96. The van der Waals surface area contributed by atoms with E-state index in [2.05, 4.69) is 34.8 Å². The first-order valence-corrected chi connectivity index (χ1v) is 9.36. The van der Waals surface area contributed by atoms with Crippen molar-refractivity contribution in [3.05, 3.63) is 34.9 Å². The summed E-state index contributed by atoms with van der Waals surface area (Å²) < 4.78 is 0. The van der Waals surface area contributed by atoms with Gasteiger partial charge in [-0.3, -0.25) is 9.79 Å². The van der Waals surface area contributed by atoms with Gasteiger partial charge in [-0.05, 0) is 31.4 Å². The van der Waals surface area contributed by atoms with Crippen molar-refractivity contribution in [3.8, 4) is 0 Å². The van der Waals surface area contributed by atoms with Crippen LogP contribution in [-0.4, -0.2) is 38.0 Å². The summed E-state index contributed by atoms with van der Waals surface area (Å²) in [4.78, 5) is 16.3. The first-order chi connectivity index (χ1) is 11.9. The Morgan fingerprint density at radius 2 is 1.88 bits per heavy atom. The van der Waals surface area contributed by atoms with Gasteiger partial charge in [0.05, 0.1) is 6.54 Å². The van der Waals surface area contributed by atoms with Crippen LogP contribution in [0.2, 0.25) is 5.02 Å². The van der Waals surface area contributed by atoms with Crippen LogP contribution in [0.5, 0.6) is 0 Å². The number of nitrogens with zero attached hydrogens (tertiary/aromatic N) is 1. The third-order valence-electron chi connectivity index (χ3n) is 4.24. The van der Waals surface area contributed by atoms with Gasteiger partial charge in [-0.15, -0.1) is 0 Å². The van der Waals surface area contributed by atoms with E-state index in [0.29, 0.717) is 19.6 Å². The average molecular weight is 365 g/mol. The summed E-state index contributed by atoms with van der Waals surface area (Å²) in [5.74, 6) is 1.17. The summed E-state index contributed by atoms with van der Waals surface area (Å²) in [5.41, 5.74) is 0.925. The molecule has 0 saturated heterocycles. The summed E-state index contributed by atoms with van der Waals surface area (Å²) in [6.07, 6.45) is 2.06. The van der Waals surface area contributed by atoms with Crippen LogP contribution in [0.25, 0.3) is 0 Å². The molecule has 0 atom stereocenters. The molecule has 0 radical (unpaired) electrons. The van der Waals surface area contributed by atoms with Crippen LogP contribution in [0.1, 0.15) is 39.2 Å². The lowest BCUT2D eigenvalue weighted by molar-refractivity contribution is -0.122. The lowest BCUT2D eigenvalue weighted by atomic mass is 9.85. The summed E-state index contributed by atoms with van der Waals surface area (Å²) in [6.45, 7) is 8.96. The van der Waals surface area contributed by atoms with Gasteiger partial charge in [0, 0.05) is 36.0 Å². The fourth-order valence-electron chi connectivity index (χ4n) is 2.57. The SMILES string of the molecule is CCNC(=NCC(C)(C)c1ccccc1Cl)NCCNC(=O)C1CC1. The Morgan fingerprint density at radius 3 is 2.52 bits per heavy atom. The molecule has 138 valence electrons. The van der Waals surface area contributed by atoms with E-state index in [1.807, 2.05) is 31.2 Å². The zero-order valence-electron chi connectivity index (χ0n) is 15.4. The summed E-state index contributed by atoms with van der Waals surface area (Å²) in [6, 6.07) is 7.89. The molecular weight excluding hydrogens is 336 g/mol. The van der Waals surface area contributed by atoms with Gasteiger partial charge >= 0.3 is 0 Å². The highest BCUT2D eigenvalue weighted by Crippen LogP contribution is 2.30. The number of carbonyl (C=O) groups excluding carboxylic acids is 1. The second-order valence-corrected chi connectivity index (χ2v) is 7.46. The summed E-state index contributed by atoms with van der Waals surface area (Å²) >= 11 is 6.33. The van der Waals surface area contributed by atoms with E-state index in [0.717, 1.165) is 35.9 Å². The minimum absolute atomic E-state index is 0.166. The van der Waals surface area contributed by atoms with Crippen molar-refractivity contribution >= 4 is 23.5 Å². The molecule has 0 spiro atoms. The molecule has 3 N–H and O–H groups in total. The quantitative estimate of drug-likeness (QED) is 0.377. The van der Waals surface area contributed by atoms with Crippen molar-refractivity contribution in [1.82, 2.24) is 16.0 Å². The number of hydrogen-bond acceptors (Lipinski definition) is 2. The number of hydrogen-bond donors (Lipinski definition) is 3. The molecule has 0 aliphatic heterocycles. The van der Waals surface area contributed by atoms with E-state index >= 15 is 0 Å². The molecule has 25 heavy (non-hydrogen) atoms. The predicted octanol–water partition coefficient (Wildman–Crippen LogP) is 2.70. The van der Waals surface area contributed by atoms with E-state index in [9.17, 15) is 4.79 Å². The van der Waals surface area contributed by atoms with Gasteiger partial charge in [0.1, 0.15) is 0 Å². The van der Waals surface area contributed by atoms with E-state index < -0.39 is 0 Å². The second-order valence-electron chi connectivity index (χ2n) is 7.05. The summed E-state index contributed by atoms with van der Waals surface area (Å²) in [7, 11) is 0. The normalized spacial score (nSPS) is 15.0. The number of halogens is 1. The van der Waals surface area contributed by atoms with E-state index in [-0.39, 0.29) is 17.2 Å². The highest BCUT2D eigenvalue weighted by atomic mass is 35.5. The maximum absolute atomic E-state index is 11.6. The van der Waals surface area contributed by atoms with Gasteiger partial charge in [-0.2, -0.15) is 0 Å². The lowest BCUT2D eigenvalue weighted by Crippen LogP contribution is -2.42. The molecule has 1 fully saturated rings. The smallest absolute Gasteiger partial charge is 0.223 e. The first kappa shape index (κ1) is 19.6. The fraction of sp³-hybridized carbons (Fsp3) is 0.579. The van der Waals surface area contributed by atoms with Gasteiger partial charge in [-0.25, -0.2) is 0 Å². The van der Waals surface area contributed by atoms with Crippen molar-refractivity contribution in [3.63, 3.8) is 0 Å². The van der Waals surface area contributed by atoms with Crippen molar-refractivity contribution in [2.75, 3.05) is 26.2 Å². The second kappa shape index (κ2) is 9.09. The minimum atomic E-state index is -0.166. The number of rotatable bonds is 8. The molecule has 0 heterocycles. The topological polar surface area (TPSA) is 65.5 Å². The Kier molecular flexibility index (Phi) is 7.12. The molecule has 1 aliphatic rings. The van der Waals surface area contributed by atoms with Crippen LogP contribution in [0.4, 0.5) is 0 Å². The number of aliphatic imine (C=N–C) groups is 1. The predicted molar refractivity (Wildman–Crippen MR) is 104 cm³/mol. The molecule has 1 aromatic carbocycles. The molecule has 0 bridgehead atoms. The molecule has 1 amide bonds. The minimum Gasteiger partial charge on any atom is -0.357 e. The Hall–Kier alpha value is -1.75. The van der Waals surface area contributed by atoms with Crippen LogP contribution in [0.15, 0.2) is 29.3 Å². The number of amides is 1. The Morgan fingerprint density at radius 1 is 1.20 bits per heavy atom. The van der Waals surface area contributed by atoms with E-state index in [4.69, 9.17) is 11.6 Å². The highest BCUT2D eigenvalue weighted by molar-refractivity contribution is 6.31. The van der Waals surface area contributed by atoms with Gasteiger partial charge < -0.3 is 16.0 Å². The zero-order valence-corrected chi connectivity index (χ0v) is 16.1. The largest absolute Gasteiger partial charge is 0.357 e. The average Bonchev–Trinajstić information content (AvgIpc) is 3.41. The Labute approximate surface area is 155 Å². The number of guanidine groups is 1. The zero-order chi connectivity index (χ0) is 18.3. The third kappa shape index (κ3) is 6.24. The lowest BCUT2D eigenvalue weighted by Gasteiger charge is -2.25. The van der Waals surface area contributed by atoms with Crippen molar-refractivity contribution < 1.29 is 4.79 Å². The molecule has 0 unspecified atom stereocenters. The van der Waals surface area contributed by atoms with Crippen LogP contribution in [-0.2, 0) is 10.2 Å². The molecular formula is C19H29ClN4O. The molecule has 6 heteroatoms. The molecule has 1 aromatic rings. The highest BCUT2D eigenvalue weighted by Gasteiger charge is 2.29. The maximum atomic E-state index is 11.6. The number of benzene rings is 1. The van der Waals surface area contributed by atoms with Crippen LogP contribution in [0, 0.1) is 5.92 Å². The molecule has 5 nitrogen and oxygen atoms in total. The number of nitrogens with one attached hydrogen (secondary N) is 3. The molecule has 2 rings (SSSR count). The molecule has 1 aliphatic carbocycles. The van der Waals surface area contributed by atoms with E-state index in [1.165, 1.54) is 0 Å². The van der Waals surface area contributed by atoms with Crippen LogP contribution in [0.3, 0.4) is 0 Å². The molecule has 0 aromatic heterocycles. The summed E-state index contributed by atoms with van der Waals surface area (Å²) in [5, 5.41) is 10.2. The molecule has 1 saturated carbocycles. The van der Waals surface area contributed by atoms with Gasteiger partial charge in [0.25, 0.3) is 0 Å². The monoisotopic (exact) mass is 364 g/mol. The number of carbonyl (C=O) groups is 1. The van der Waals surface area contributed by atoms with Crippen molar-refractivity contribution in [1.29, 1.82) is 0 Å². The van der Waals surface area contributed by atoms with E-state index in [1.54, 1.807) is 0 Å². The Balaban J connectivity index is 1.87.